The minimum Gasteiger partial charge on any atom is -0.469 e. The van der Waals surface area contributed by atoms with Gasteiger partial charge in [0.15, 0.2) is 0 Å². The van der Waals surface area contributed by atoms with E-state index in [1.807, 2.05) is 16.8 Å². The molecule has 3 aromatic heterocycles. The summed E-state index contributed by atoms with van der Waals surface area (Å²) in [6.45, 7) is 0. The number of carbonyl (C=O) groups is 1. The van der Waals surface area contributed by atoms with E-state index in [9.17, 15) is 9.59 Å². The molecule has 2 N–H and O–H groups in total. The van der Waals surface area contributed by atoms with Gasteiger partial charge in [0.1, 0.15) is 5.65 Å². The predicted molar refractivity (Wildman–Crippen MR) is 85.2 cm³/mol. The van der Waals surface area contributed by atoms with Gasteiger partial charge in [-0.15, -0.1) is 0 Å². The van der Waals surface area contributed by atoms with Crippen LogP contribution in [0.4, 0.5) is 0 Å². The zero-order chi connectivity index (χ0) is 16.0. The van der Waals surface area contributed by atoms with Crippen molar-refractivity contribution in [3.8, 4) is 0 Å². The summed E-state index contributed by atoms with van der Waals surface area (Å²) in [5.41, 5.74) is 2.30. The summed E-state index contributed by atoms with van der Waals surface area (Å²) in [5, 5.41) is 0.941. The number of nitrogens with one attached hydrogen (secondary N) is 2. The smallest absolute Gasteiger partial charge is 0.326 e. The first kappa shape index (κ1) is 14.0. The zero-order valence-corrected chi connectivity index (χ0v) is 12.8. The highest BCUT2D eigenvalue weighted by atomic mass is 16.5. The largest absolute Gasteiger partial charge is 0.469 e. The molecule has 1 aliphatic rings. The number of rotatable bonds is 2. The van der Waals surface area contributed by atoms with Crippen LogP contribution >= 0.6 is 0 Å². The molecule has 0 radical (unpaired) electrons. The summed E-state index contributed by atoms with van der Waals surface area (Å²) >= 11 is 0. The third-order valence-corrected chi connectivity index (χ3v) is 4.86. The van der Waals surface area contributed by atoms with E-state index < -0.39 is 0 Å². The molecule has 0 aromatic carbocycles. The molecule has 1 fully saturated rings. The Morgan fingerprint density at radius 3 is 2.87 bits per heavy atom. The second kappa shape index (κ2) is 5.26. The fraction of sp³-hybridized carbons (Fsp3) is 0.438. The Hall–Kier alpha value is -2.57. The number of imidazole rings is 1. The second-order valence-corrected chi connectivity index (χ2v) is 6.09. The number of pyridine rings is 1. The third-order valence-electron chi connectivity index (χ3n) is 4.86. The van der Waals surface area contributed by atoms with Gasteiger partial charge < -0.3 is 14.7 Å². The number of methoxy groups -OCH3 is 1. The molecule has 0 unspecified atom stereocenters. The fourth-order valence-corrected chi connectivity index (χ4v) is 3.71. The lowest BCUT2D eigenvalue weighted by Crippen LogP contribution is -2.29. The Kier molecular flexibility index (Phi) is 3.21. The third kappa shape index (κ3) is 2.15. The molecule has 7 nitrogen and oxygen atoms in total. The number of fused-ring (bicyclic) bond motifs is 3. The van der Waals surface area contributed by atoms with E-state index in [2.05, 4.69) is 15.0 Å². The number of aromatic amines is 2. The summed E-state index contributed by atoms with van der Waals surface area (Å²) < 4.78 is 6.66. The Bertz CT molecular complexity index is 928. The molecule has 7 heteroatoms. The Morgan fingerprint density at radius 2 is 2.13 bits per heavy atom. The van der Waals surface area contributed by atoms with Gasteiger partial charge in [0.2, 0.25) is 0 Å². The number of aromatic nitrogens is 4. The molecule has 1 aliphatic carbocycles. The highest BCUT2D eigenvalue weighted by molar-refractivity contribution is 6.00. The predicted octanol–water partition coefficient (Wildman–Crippen LogP) is 2.11. The first-order valence-corrected chi connectivity index (χ1v) is 7.83. The van der Waals surface area contributed by atoms with E-state index in [0.717, 1.165) is 47.8 Å². The van der Waals surface area contributed by atoms with Crippen LogP contribution in [-0.4, -0.2) is 32.6 Å². The summed E-state index contributed by atoms with van der Waals surface area (Å²) in [6.07, 6.45) is 6.59. The lowest BCUT2D eigenvalue weighted by molar-refractivity contribution is -0.146. The van der Waals surface area contributed by atoms with Crippen LogP contribution in [0.3, 0.4) is 0 Å². The molecule has 0 amide bonds. The molecule has 1 saturated carbocycles. The molecule has 0 saturated heterocycles. The van der Waals surface area contributed by atoms with Crippen molar-refractivity contribution < 1.29 is 9.53 Å². The van der Waals surface area contributed by atoms with Crippen molar-refractivity contribution >= 4 is 28.0 Å². The quantitative estimate of drug-likeness (QED) is 0.709. The van der Waals surface area contributed by atoms with Crippen LogP contribution in [0.25, 0.3) is 22.1 Å². The van der Waals surface area contributed by atoms with Crippen LogP contribution in [0.2, 0.25) is 0 Å². The van der Waals surface area contributed by atoms with Gasteiger partial charge in [-0.05, 0) is 31.7 Å². The van der Waals surface area contributed by atoms with Gasteiger partial charge in [0.25, 0.3) is 0 Å². The Balaban J connectivity index is 1.75. The van der Waals surface area contributed by atoms with Crippen LogP contribution in [0.15, 0.2) is 23.3 Å². The molecule has 3 aromatic rings. The van der Waals surface area contributed by atoms with Crippen molar-refractivity contribution in [3.05, 3.63) is 28.9 Å². The van der Waals surface area contributed by atoms with Crippen LogP contribution < -0.4 is 5.69 Å². The minimum atomic E-state index is -0.146. The van der Waals surface area contributed by atoms with Gasteiger partial charge in [0, 0.05) is 17.6 Å². The van der Waals surface area contributed by atoms with E-state index >= 15 is 0 Å². The van der Waals surface area contributed by atoms with Crippen LogP contribution in [0.1, 0.15) is 31.7 Å². The van der Waals surface area contributed by atoms with Crippen molar-refractivity contribution in [1.29, 1.82) is 0 Å². The van der Waals surface area contributed by atoms with Crippen molar-refractivity contribution in [3.63, 3.8) is 0 Å². The van der Waals surface area contributed by atoms with Crippen molar-refractivity contribution in [1.82, 2.24) is 19.5 Å². The summed E-state index contributed by atoms with van der Waals surface area (Å²) in [4.78, 5) is 34.4. The van der Waals surface area contributed by atoms with Crippen molar-refractivity contribution in [2.45, 2.75) is 31.7 Å². The van der Waals surface area contributed by atoms with Crippen LogP contribution in [0, 0.1) is 5.92 Å². The van der Waals surface area contributed by atoms with Gasteiger partial charge in [-0.3, -0.25) is 9.36 Å². The average molecular weight is 314 g/mol. The average Bonchev–Trinajstić information content (AvgIpc) is 3.17. The molecule has 0 atom stereocenters. The molecule has 120 valence electrons. The minimum absolute atomic E-state index is 0.0499. The summed E-state index contributed by atoms with van der Waals surface area (Å²) in [6, 6.07) is 2.03. The van der Waals surface area contributed by atoms with Gasteiger partial charge >= 0.3 is 11.7 Å². The SMILES string of the molecule is COC(=O)C1CCC(n2c(=O)[nH]c3cnc4[nH]ccc4c32)CC1. The normalized spacial score (nSPS) is 21.8. The van der Waals surface area contributed by atoms with E-state index in [1.165, 1.54) is 7.11 Å². The Morgan fingerprint density at radius 1 is 1.35 bits per heavy atom. The number of H-pyrrole nitrogens is 2. The second-order valence-electron chi connectivity index (χ2n) is 6.09. The first-order chi connectivity index (χ1) is 11.2. The lowest BCUT2D eigenvalue weighted by atomic mass is 9.86. The topological polar surface area (TPSA) is 92.8 Å². The summed E-state index contributed by atoms with van der Waals surface area (Å²) in [5.74, 6) is -0.196. The zero-order valence-electron chi connectivity index (χ0n) is 12.8. The van der Waals surface area contributed by atoms with Crippen LogP contribution in [0.5, 0.6) is 0 Å². The Labute approximate surface area is 131 Å². The number of ether oxygens (including phenoxy) is 1. The molecule has 0 bridgehead atoms. The number of esters is 1. The number of hydrogen-bond donors (Lipinski definition) is 2. The summed E-state index contributed by atoms with van der Waals surface area (Å²) in [7, 11) is 1.42. The van der Waals surface area contributed by atoms with Gasteiger partial charge in [-0.25, -0.2) is 9.78 Å². The monoisotopic (exact) mass is 314 g/mol. The van der Waals surface area contributed by atoms with Gasteiger partial charge in [-0.1, -0.05) is 0 Å². The van der Waals surface area contributed by atoms with E-state index in [4.69, 9.17) is 4.74 Å². The number of carbonyl (C=O) groups excluding carboxylic acids is 1. The molecular formula is C16H18N4O3. The van der Waals surface area contributed by atoms with E-state index in [-0.39, 0.29) is 23.6 Å². The van der Waals surface area contributed by atoms with Crippen LogP contribution in [-0.2, 0) is 9.53 Å². The highest BCUT2D eigenvalue weighted by Crippen LogP contribution is 2.34. The maximum atomic E-state index is 12.5. The van der Waals surface area contributed by atoms with Crippen molar-refractivity contribution in [2.75, 3.05) is 7.11 Å². The standard InChI is InChI=1S/C16H18N4O3/c1-23-15(21)9-2-4-10(5-3-9)20-13-11-6-7-17-14(11)18-8-12(13)19-16(20)22/h6-10H,2-5H2,1H3,(H,17,18)(H,19,22). The van der Waals surface area contributed by atoms with Gasteiger partial charge in [-0.2, -0.15) is 0 Å². The first-order valence-electron chi connectivity index (χ1n) is 7.83. The number of hydrogen-bond acceptors (Lipinski definition) is 4. The molecule has 23 heavy (non-hydrogen) atoms. The van der Waals surface area contributed by atoms with E-state index in [0.29, 0.717) is 0 Å². The van der Waals surface area contributed by atoms with Crippen molar-refractivity contribution in [2.24, 2.45) is 5.92 Å². The molecular weight excluding hydrogens is 296 g/mol. The molecule has 3 heterocycles. The highest BCUT2D eigenvalue weighted by Gasteiger charge is 2.29. The molecule has 0 spiro atoms. The number of nitrogens with zero attached hydrogens (tertiary/aromatic N) is 2. The molecule has 0 aliphatic heterocycles. The van der Waals surface area contributed by atoms with Gasteiger partial charge in [0.05, 0.1) is 30.3 Å². The van der Waals surface area contributed by atoms with E-state index in [1.54, 1.807) is 6.20 Å². The molecule has 4 rings (SSSR count). The lowest BCUT2D eigenvalue weighted by Gasteiger charge is -2.27. The maximum Gasteiger partial charge on any atom is 0.326 e. The maximum absolute atomic E-state index is 12.5. The fourth-order valence-electron chi connectivity index (χ4n) is 3.71.